The largest absolute Gasteiger partial charge is 0.319 e. The lowest BCUT2D eigenvalue weighted by Gasteiger charge is -2.12. The van der Waals surface area contributed by atoms with Crippen LogP contribution in [0.5, 0.6) is 0 Å². The topological polar surface area (TPSA) is 12.0 Å². The Labute approximate surface area is 113 Å². The number of hydrogen-bond acceptors (Lipinski definition) is 1. The van der Waals surface area contributed by atoms with Gasteiger partial charge in [-0.1, -0.05) is 36.4 Å². The Morgan fingerprint density at radius 2 is 1.89 bits per heavy atom. The van der Waals surface area contributed by atoms with Crippen molar-refractivity contribution in [1.82, 2.24) is 5.32 Å². The number of hydrogen-bond donors (Lipinski definition) is 1. The average molecular weight is 255 g/mol. The van der Waals surface area contributed by atoms with E-state index in [0.29, 0.717) is 11.8 Å². The molecule has 2 atom stereocenters. The Morgan fingerprint density at radius 1 is 1.11 bits per heavy atom. The van der Waals surface area contributed by atoms with Gasteiger partial charge in [0.05, 0.1) is 0 Å². The molecule has 0 amide bonds. The van der Waals surface area contributed by atoms with Gasteiger partial charge in [0, 0.05) is 12.5 Å². The minimum atomic E-state index is -0.146. The highest BCUT2D eigenvalue weighted by Crippen LogP contribution is 2.44. The van der Waals surface area contributed by atoms with Crippen LogP contribution in [0.25, 0.3) is 0 Å². The normalized spacial score (nSPS) is 21.4. The summed E-state index contributed by atoms with van der Waals surface area (Å²) in [5, 5.41) is 3.26. The summed E-state index contributed by atoms with van der Waals surface area (Å²) in [6.45, 7) is 0.975. The van der Waals surface area contributed by atoms with Crippen molar-refractivity contribution in [1.29, 1.82) is 0 Å². The molecule has 0 unspecified atom stereocenters. The second-order valence-electron chi connectivity index (χ2n) is 5.23. The molecule has 1 nitrogen and oxygen atoms in total. The van der Waals surface area contributed by atoms with Gasteiger partial charge in [-0.3, -0.25) is 0 Å². The van der Waals surface area contributed by atoms with Gasteiger partial charge in [-0.25, -0.2) is 4.39 Å². The van der Waals surface area contributed by atoms with Crippen LogP contribution in [0, 0.1) is 5.82 Å². The van der Waals surface area contributed by atoms with Crippen LogP contribution in [-0.4, -0.2) is 13.6 Å². The van der Waals surface area contributed by atoms with Crippen LogP contribution in [-0.2, 0) is 0 Å². The molecule has 3 rings (SSSR count). The standard InChI is InChI=1S/C17H18FN/c1-19-11-13-10-17(12-5-4-6-14(18)9-12)16-8-3-2-7-15(13)16/h2-9,13,17,19H,10-11H2,1H3/t13-,17-/m0/s1. The van der Waals surface area contributed by atoms with Gasteiger partial charge in [-0.2, -0.15) is 0 Å². The van der Waals surface area contributed by atoms with Crippen LogP contribution in [0.15, 0.2) is 48.5 Å². The van der Waals surface area contributed by atoms with Gasteiger partial charge in [-0.15, -0.1) is 0 Å². The van der Waals surface area contributed by atoms with Crippen LogP contribution >= 0.6 is 0 Å². The Kier molecular flexibility index (Phi) is 3.34. The highest BCUT2D eigenvalue weighted by atomic mass is 19.1. The van der Waals surface area contributed by atoms with Crippen LogP contribution in [0.1, 0.15) is 34.9 Å². The van der Waals surface area contributed by atoms with E-state index in [1.165, 1.54) is 17.2 Å². The van der Waals surface area contributed by atoms with Crippen molar-refractivity contribution in [2.75, 3.05) is 13.6 Å². The lowest BCUT2D eigenvalue weighted by Crippen LogP contribution is -2.15. The van der Waals surface area contributed by atoms with Crippen LogP contribution in [0.3, 0.4) is 0 Å². The molecule has 2 aromatic rings. The van der Waals surface area contributed by atoms with E-state index in [9.17, 15) is 4.39 Å². The second-order valence-corrected chi connectivity index (χ2v) is 5.23. The molecular formula is C17H18FN. The molecule has 0 aliphatic heterocycles. The van der Waals surface area contributed by atoms with Crippen molar-refractivity contribution < 1.29 is 4.39 Å². The fourth-order valence-corrected chi connectivity index (χ4v) is 3.22. The smallest absolute Gasteiger partial charge is 0.123 e. The number of fused-ring (bicyclic) bond motifs is 1. The molecule has 0 fully saturated rings. The van der Waals surface area contributed by atoms with Gasteiger partial charge in [0.2, 0.25) is 0 Å². The van der Waals surface area contributed by atoms with Crippen molar-refractivity contribution in [2.45, 2.75) is 18.3 Å². The molecule has 98 valence electrons. The minimum Gasteiger partial charge on any atom is -0.319 e. The molecule has 0 saturated carbocycles. The number of rotatable bonds is 3. The Bertz CT molecular complexity index is 579. The Balaban J connectivity index is 2.00. The average Bonchev–Trinajstić information content (AvgIpc) is 2.79. The first kappa shape index (κ1) is 12.4. The third kappa shape index (κ3) is 2.28. The van der Waals surface area contributed by atoms with Crippen molar-refractivity contribution in [2.24, 2.45) is 0 Å². The van der Waals surface area contributed by atoms with Gasteiger partial charge in [-0.05, 0) is 48.2 Å². The molecule has 0 heterocycles. The molecule has 0 bridgehead atoms. The molecule has 0 saturated heterocycles. The highest BCUT2D eigenvalue weighted by Gasteiger charge is 2.31. The van der Waals surface area contributed by atoms with Gasteiger partial charge in [0.15, 0.2) is 0 Å². The summed E-state index contributed by atoms with van der Waals surface area (Å²) in [5.41, 5.74) is 3.85. The summed E-state index contributed by atoms with van der Waals surface area (Å²) < 4.78 is 13.4. The van der Waals surface area contributed by atoms with E-state index >= 15 is 0 Å². The molecule has 2 heteroatoms. The summed E-state index contributed by atoms with van der Waals surface area (Å²) >= 11 is 0. The van der Waals surface area contributed by atoms with E-state index in [1.54, 1.807) is 12.1 Å². The molecular weight excluding hydrogens is 237 g/mol. The molecule has 2 aromatic carbocycles. The van der Waals surface area contributed by atoms with Gasteiger partial charge >= 0.3 is 0 Å². The number of benzene rings is 2. The van der Waals surface area contributed by atoms with Crippen molar-refractivity contribution in [3.8, 4) is 0 Å². The van der Waals surface area contributed by atoms with Gasteiger partial charge < -0.3 is 5.32 Å². The Morgan fingerprint density at radius 3 is 2.63 bits per heavy atom. The molecule has 1 N–H and O–H groups in total. The fraction of sp³-hybridized carbons (Fsp3) is 0.294. The maximum atomic E-state index is 13.4. The zero-order valence-electron chi connectivity index (χ0n) is 11.1. The molecule has 0 aromatic heterocycles. The molecule has 1 aliphatic carbocycles. The predicted molar refractivity (Wildman–Crippen MR) is 76.0 cm³/mol. The van der Waals surface area contributed by atoms with Crippen LogP contribution in [0.2, 0.25) is 0 Å². The number of halogens is 1. The van der Waals surface area contributed by atoms with E-state index in [2.05, 4.69) is 29.6 Å². The van der Waals surface area contributed by atoms with E-state index in [4.69, 9.17) is 0 Å². The van der Waals surface area contributed by atoms with Crippen molar-refractivity contribution in [3.63, 3.8) is 0 Å². The minimum absolute atomic E-state index is 0.146. The first-order valence-electron chi connectivity index (χ1n) is 6.78. The van der Waals surface area contributed by atoms with E-state index < -0.39 is 0 Å². The van der Waals surface area contributed by atoms with Gasteiger partial charge in [0.1, 0.15) is 5.82 Å². The van der Waals surface area contributed by atoms with E-state index in [-0.39, 0.29) is 5.82 Å². The van der Waals surface area contributed by atoms with Crippen LogP contribution < -0.4 is 5.32 Å². The fourth-order valence-electron chi connectivity index (χ4n) is 3.22. The first-order valence-corrected chi connectivity index (χ1v) is 6.78. The van der Waals surface area contributed by atoms with Crippen molar-refractivity contribution >= 4 is 0 Å². The third-order valence-corrected chi connectivity index (χ3v) is 4.03. The highest BCUT2D eigenvalue weighted by molar-refractivity contribution is 5.44. The second kappa shape index (κ2) is 5.14. The molecule has 19 heavy (non-hydrogen) atoms. The summed E-state index contributed by atoms with van der Waals surface area (Å²) in [7, 11) is 1.98. The lowest BCUT2D eigenvalue weighted by atomic mass is 9.92. The summed E-state index contributed by atoms with van der Waals surface area (Å²) in [4.78, 5) is 0. The number of likely N-dealkylation sites (N-methyl/N-ethyl adjacent to an activating group) is 1. The quantitative estimate of drug-likeness (QED) is 0.882. The summed E-state index contributed by atoms with van der Waals surface area (Å²) in [6.07, 6.45) is 1.06. The van der Waals surface area contributed by atoms with Gasteiger partial charge in [0.25, 0.3) is 0 Å². The Hall–Kier alpha value is -1.67. The molecule has 0 spiro atoms. The SMILES string of the molecule is CNC[C@@H]1C[C@@H](c2cccc(F)c2)c2ccccc21. The van der Waals surface area contributed by atoms with Crippen LogP contribution in [0.4, 0.5) is 4.39 Å². The monoisotopic (exact) mass is 255 g/mol. The zero-order valence-corrected chi connectivity index (χ0v) is 11.1. The third-order valence-electron chi connectivity index (χ3n) is 4.03. The maximum absolute atomic E-state index is 13.4. The van der Waals surface area contributed by atoms with Crippen molar-refractivity contribution in [3.05, 3.63) is 71.0 Å². The zero-order chi connectivity index (χ0) is 13.2. The first-order chi connectivity index (χ1) is 9.29. The summed E-state index contributed by atoms with van der Waals surface area (Å²) in [5.74, 6) is 0.701. The van der Waals surface area contributed by atoms with E-state index in [0.717, 1.165) is 18.5 Å². The summed E-state index contributed by atoms with van der Waals surface area (Å²) in [6, 6.07) is 15.6. The maximum Gasteiger partial charge on any atom is 0.123 e. The van der Waals surface area contributed by atoms with E-state index in [1.807, 2.05) is 13.1 Å². The lowest BCUT2D eigenvalue weighted by molar-refractivity contribution is 0.590. The number of nitrogens with one attached hydrogen (secondary N) is 1. The molecule has 1 aliphatic rings. The molecule has 0 radical (unpaired) electrons. The predicted octanol–water partition coefficient (Wildman–Crippen LogP) is 3.66.